The van der Waals surface area contributed by atoms with Crippen LogP contribution in [0.5, 0.6) is 6.01 Å². The zero-order chi connectivity index (χ0) is 13.2. The van der Waals surface area contributed by atoms with Gasteiger partial charge in [0.15, 0.2) is 0 Å². The van der Waals surface area contributed by atoms with Gasteiger partial charge in [0.25, 0.3) is 10.0 Å². The first-order valence-electron chi connectivity index (χ1n) is 4.76. The number of sulfonamides is 1. The molecule has 0 aliphatic carbocycles. The lowest BCUT2D eigenvalue weighted by atomic mass is 10.4. The van der Waals surface area contributed by atoms with Crippen molar-refractivity contribution in [2.24, 2.45) is 0 Å². The number of anilines is 1. The zero-order valence-corrected chi connectivity index (χ0v) is 10.0. The summed E-state index contributed by atoms with van der Waals surface area (Å²) in [5, 5.41) is 5.92. The molecule has 0 unspecified atom stereocenters. The quantitative estimate of drug-likeness (QED) is 0.856. The van der Waals surface area contributed by atoms with E-state index in [9.17, 15) is 12.8 Å². The molecule has 0 saturated heterocycles. The molecule has 0 spiro atoms. The average molecular weight is 272 g/mol. The molecule has 2 N–H and O–H groups in total. The standard InChI is InChI=1S/C9H9FN4O3S/c1-17-9-11-8(12-13-9)14-18(15,16)7-4-2-6(10)3-5-7/h2-5H,1H3,(H2,11,12,13,14). The summed E-state index contributed by atoms with van der Waals surface area (Å²) in [7, 11) is -2.48. The maximum atomic E-state index is 12.7. The van der Waals surface area contributed by atoms with Crippen LogP contribution in [0.2, 0.25) is 0 Å². The molecule has 0 aliphatic rings. The van der Waals surface area contributed by atoms with Crippen molar-refractivity contribution >= 4 is 16.0 Å². The SMILES string of the molecule is COc1n[nH]c(NS(=O)(=O)c2ccc(F)cc2)n1. The van der Waals surface area contributed by atoms with Crippen LogP contribution in [0.3, 0.4) is 0 Å². The van der Waals surface area contributed by atoms with E-state index in [1.54, 1.807) is 0 Å². The summed E-state index contributed by atoms with van der Waals surface area (Å²) >= 11 is 0. The molecule has 1 heterocycles. The first-order chi connectivity index (χ1) is 8.51. The topological polar surface area (TPSA) is 97.0 Å². The molecular formula is C9H9FN4O3S. The first kappa shape index (κ1) is 12.3. The van der Waals surface area contributed by atoms with Crippen LogP contribution in [0.1, 0.15) is 0 Å². The Morgan fingerprint density at radius 1 is 1.33 bits per heavy atom. The number of ether oxygens (including phenoxy) is 1. The molecule has 0 radical (unpaired) electrons. The molecule has 0 saturated carbocycles. The van der Waals surface area contributed by atoms with E-state index in [1.807, 2.05) is 0 Å². The van der Waals surface area contributed by atoms with Crippen LogP contribution in [0.15, 0.2) is 29.2 Å². The van der Waals surface area contributed by atoms with Crippen LogP contribution < -0.4 is 9.46 Å². The summed E-state index contributed by atoms with van der Waals surface area (Å²) < 4.78 is 43.2. The highest BCUT2D eigenvalue weighted by molar-refractivity contribution is 7.92. The predicted molar refractivity (Wildman–Crippen MR) is 60.1 cm³/mol. The van der Waals surface area contributed by atoms with Crippen molar-refractivity contribution in [3.8, 4) is 6.01 Å². The van der Waals surface area contributed by atoms with Crippen LogP contribution in [-0.4, -0.2) is 30.7 Å². The van der Waals surface area contributed by atoms with E-state index in [-0.39, 0.29) is 16.9 Å². The number of benzene rings is 1. The van der Waals surface area contributed by atoms with Gasteiger partial charge in [-0.15, -0.1) is 5.10 Å². The molecule has 7 nitrogen and oxygen atoms in total. The van der Waals surface area contributed by atoms with Gasteiger partial charge in [-0.2, -0.15) is 4.98 Å². The van der Waals surface area contributed by atoms with Gasteiger partial charge < -0.3 is 4.74 Å². The number of nitrogens with zero attached hydrogens (tertiary/aromatic N) is 2. The number of hydrogen-bond donors (Lipinski definition) is 2. The summed E-state index contributed by atoms with van der Waals surface area (Å²) in [5.74, 6) is -0.605. The van der Waals surface area contributed by atoms with E-state index in [0.29, 0.717) is 0 Å². The van der Waals surface area contributed by atoms with Crippen molar-refractivity contribution in [1.29, 1.82) is 0 Å². The molecule has 0 fully saturated rings. The third-order valence-corrected chi connectivity index (χ3v) is 3.36. The van der Waals surface area contributed by atoms with Crippen LogP contribution in [0, 0.1) is 5.82 Å². The van der Waals surface area contributed by atoms with Crippen molar-refractivity contribution in [3.05, 3.63) is 30.1 Å². The normalized spacial score (nSPS) is 11.2. The van der Waals surface area contributed by atoms with Crippen LogP contribution >= 0.6 is 0 Å². The molecule has 96 valence electrons. The van der Waals surface area contributed by atoms with Gasteiger partial charge in [0.2, 0.25) is 5.95 Å². The number of halogens is 1. The Hall–Kier alpha value is -2.16. The van der Waals surface area contributed by atoms with E-state index in [1.165, 1.54) is 7.11 Å². The van der Waals surface area contributed by atoms with Gasteiger partial charge in [-0.1, -0.05) is 0 Å². The molecular weight excluding hydrogens is 263 g/mol. The molecule has 2 rings (SSSR count). The van der Waals surface area contributed by atoms with Gasteiger partial charge in [0.1, 0.15) is 5.82 Å². The molecule has 18 heavy (non-hydrogen) atoms. The highest BCUT2D eigenvalue weighted by atomic mass is 32.2. The largest absolute Gasteiger partial charge is 0.466 e. The lowest BCUT2D eigenvalue weighted by Crippen LogP contribution is -2.13. The van der Waals surface area contributed by atoms with Gasteiger partial charge in [-0.3, -0.25) is 0 Å². The number of nitrogens with one attached hydrogen (secondary N) is 2. The molecule has 9 heteroatoms. The number of hydrogen-bond acceptors (Lipinski definition) is 5. The minimum atomic E-state index is -3.83. The summed E-state index contributed by atoms with van der Waals surface area (Å²) in [6.07, 6.45) is 0. The number of rotatable bonds is 4. The second-order valence-corrected chi connectivity index (χ2v) is 4.91. The van der Waals surface area contributed by atoms with Crippen molar-refractivity contribution < 1.29 is 17.5 Å². The monoisotopic (exact) mass is 272 g/mol. The molecule has 2 aromatic rings. The van der Waals surface area contributed by atoms with E-state index in [2.05, 4.69) is 19.9 Å². The first-order valence-corrected chi connectivity index (χ1v) is 6.24. The minimum Gasteiger partial charge on any atom is -0.466 e. The van der Waals surface area contributed by atoms with Gasteiger partial charge in [0.05, 0.1) is 12.0 Å². The fourth-order valence-electron chi connectivity index (χ4n) is 1.18. The van der Waals surface area contributed by atoms with Crippen molar-refractivity contribution in [2.75, 3.05) is 11.8 Å². The van der Waals surface area contributed by atoms with Crippen LogP contribution in [-0.2, 0) is 10.0 Å². The molecule has 0 bridgehead atoms. The third-order valence-electron chi connectivity index (χ3n) is 2.00. The fraction of sp³-hybridized carbons (Fsp3) is 0.111. The third kappa shape index (κ3) is 2.56. The minimum absolute atomic E-state index is 0.00630. The number of aromatic amines is 1. The van der Waals surface area contributed by atoms with Gasteiger partial charge >= 0.3 is 6.01 Å². The van der Waals surface area contributed by atoms with E-state index < -0.39 is 15.8 Å². The lowest BCUT2D eigenvalue weighted by Gasteiger charge is -2.04. The molecule has 0 aliphatic heterocycles. The average Bonchev–Trinajstić information content (AvgIpc) is 2.76. The van der Waals surface area contributed by atoms with Crippen molar-refractivity contribution in [1.82, 2.24) is 15.2 Å². The Bertz CT molecular complexity index is 638. The highest BCUT2D eigenvalue weighted by Crippen LogP contribution is 2.14. The molecule has 1 aromatic heterocycles. The van der Waals surface area contributed by atoms with Crippen molar-refractivity contribution in [3.63, 3.8) is 0 Å². The van der Waals surface area contributed by atoms with Crippen LogP contribution in [0.25, 0.3) is 0 Å². The Morgan fingerprint density at radius 2 is 2.00 bits per heavy atom. The summed E-state index contributed by atoms with van der Waals surface area (Å²) in [4.78, 5) is 3.62. The van der Waals surface area contributed by atoms with Gasteiger partial charge in [0, 0.05) is 0 Å². The molecule has 0 atom stereocenters. The van der Waals surface area contributed by atoms with Gasteiger partial charge in [-0.05, 0) is 24.3 Å². The number of methoxy groups -OCH3 is 1. The fourth-order valence-corrected chi connectivity index (χ4v) is 2.14. The van der Waals surface area contributed by atoms with E-state index in [4.69, 9.17) is 4.74 Å². The van der Waals surface area contributed by atoms with E-state index in [0.717, 1.165) is 24.3 Å². The summed E-state index contributed by atoms with van der Waals surface area (Å²) in [5.41, 5.74) is 0. The zero-order valence-electron chi connectivity index (χ0n) is 9.21. The number of H-pyrrole nitrogens is 1. The Kier molecular flexibility index (Phi) is 3.15. The van der Waals surface area contributed by atoms with Crippen molar-refractivity contribution in [2.45, 2.75) is 4.90 Å². The molecule has 0 amide bonds. The van der Waals surface area contributed by atoms with Crippen LogP contribution in [0.4, 0.5) is 10.3 Å². The molecule has 1 aromatic carbocycles. The summed E-state index contributed by atoms with van der Waals surface area (Å²) in [6, 6.07) is 4.40. The second-order valence-electron chi connectivity index (χ2n) is 3.23. The Balaban J connectivity index is 2.24. The predicted octanol–water partition coefficient (Wildman–Crippen LogP) is 0.753. The smallest absolute Gasteiger partial charge is 0.336 e. The van der Waals surface area contributed by atoms with E-state index >= 15 is 0 Å². The Morgan fingerprint density at radius 3 is 2.56 bits per heavy atom. The maximum absolute atomic E-state index is 12.7. The lowest BCUT2D eigenvalue weighted by molar-refractivity contribution is 0.382. The summed E-state index contributed by atoms with van der Waals surface area (Å²) in [6.45, 7) is 0. The second kappa shape index (κ2) is 4.61. The maximum Gasteiger partial charge on any atom is 0.336 e. The Labute approximate surface area is 102 Å². The van der Waals surface area contributed by atoms with Gasteiger partial charge in [-0.25, -0.2) is 22.6 Å². The highest BCUT2D eigenvalue weighted by Gasteiger charge is 2.16. The number of aromatic nitrogens is 3.